The van der Waals surface area contributed by atoms with Gasteiger partial charge >= 0.3 is 0 Å². The minimum atomic E-state index is 0.133. The van der Waals surface area contributed by atoms with E-state index in [2.05, 4.69) is 6.58 Å². The highest BCUT2D eigenvalue weighted by Crippen LogP contribution is 2.26. The molecule has 0 amide bonds. The minimum Gasteiger partial charge on any atom is -0.289 e. The fraction of sp³-hybridized carbons (Fsp3) is 0.154. The van der Waals surface area contributed by atoms with Crippen LogP contribution in [0.1, 0.15) is 18.4 Å². The third-order valence-corrected chi connectivity index (χ3v) is 2.45. The topological polar surface area (TPSA) is 17.1 Å². The summed E-state index contributed by atoms with van der Waals surface area (Å²) in [5.41, 5.74) is 2.72. The highest BCUT2D eigenvalue weighted by atomic mass is 16.1. The van der Waals surface area contributed by atoms with Gasteiger partial charge in [0, 0.05) is 5.57 Å². The van der Waals surface area contributed by atoms with Crippen molar-refractivity contribution in [3.05, 3.63) is 53.6 Å². The summed E-state index contributed by atoms with van der Waals surface area (Å²) in [6.07, 6.45) is 3.62. The number of benzene rings is 1. The number of hydrogen-bond donors (Lipinski definition) is 0. The molecule has 2 rings (SSSR count). The van der Waals surface area contributed by atoms with Gasteiger partial charge in [0.2, 0.25) is 0 Å². The molecular formula is C13H12O. The van der Waals surface area contributed by atoms with Gasteiger partial charge in [-0.3, -0.25) is 4.79 Å². The van der Waals surface area contributed by atoms with Crippen molar-refractivity contribution in [2.75, 3.05) is 0 Å². The largest absolute Gasteiger partial charge is 0.289 e. The van der Waals surface area contributed by atoms with Crippen LogP contribution in [0.15, 0.2) is 48.1 Å². The fourth-order valence-corrected chi connectivity index (χ4v) is 1.63. The molecule has 1 aromatic rings. The fourth-order valence-electron chi connectivity index (χ4n) is 1.63. The maximum absolute atomic E-state index is 11.5. The summed E-state index contributed by atoms with van der Waals surface area (Å²) in [6.45, 7) is 3.74. The Morgan fingerprint density at radius 3 is 2.43 bits per heavy atom. The quantitative estimate of drug-likeness (QED) is 0.613. The van der Waals surface area contributed by atoms with Crippen LogP contribution in [0.3, 0.4) is 0 Å². The third kappa shape index (κ3) is 1.67. The van der Waals surface area contributed by atoms with Gasteiger partial charge in [-0.1, -0.05) is 36.9 Å². The van der Waals surface area contributed by atoms with Gasteiger partial charge in [0.1, 0.15) is 0 Å². The van der Waals surface area contributed by atoms with Gasteiger partial charge in [-0.05, 0) is 30.1 Å². The van der Waals surface area contributed by atoms with Crippen LogP contribution in [0.5, 0.6) is 0 Å². The molecule has 0 heterocycles. The smallest absolute Gasteiger partial charge is 0.184 e. The summed E-state index contributed by atoms with van der Waals surface area (Å²) in [6, 6.07) is 9.92. The second-order valence-corrected chi connectivity index (χ2v) is 3.51. The molecular weight excluding hydrogens is 172 g/mol. The van der Waals surface area contributed by atoms with Crippen molar-refractivity contribution in [3.63, 3.8) is 0 Å². The Morgan fingerprint density at radius 1 is 1.14 bits per heavy atom. The predicted octanol–water partition coefficient (Wildman–Crippen LogP) is 2.99. The van der Waals surface area contributed by atoms with E-state index in [1.54, 1.807) is 0 Å². The van der Waals surface area contributed by atoms with E-state index in [1.807, 2.05) is 36.4 Å². The third-order valence-electron chi connectivity index (χ3n) is 2.45. The van der Waals surface area contributed by atoms with Gasteiger partial charge in [-0.2, -0.15) is 0 Å². The lowest BCUT2D eigenvalue weighted by Crippen LogP contribution is -1.93. The lowest BCUT2D eigenvalue weighted by Gasteiger charge is -1.95. The highest BCUT2D eigenvalue weighted by molar-refractivity contribution is 6.12. The van der Waals surface area contributed by atoms with Crippen molar-refractivity contribution in [2.45, 2.75) is 12.8 Å². The van der Waals surface area contributed by atoms with Crippen LogP contribution >= 0.6 is 0 Å². The van der Waals surface area contributed by atoms with Gasteiger partial charge in [-0.15, -0.1) is 0 Å². The summed E-state index contributed by atoms with van der Waals surface area (Å²) in [4.78, 5) is 11.5. The van der Waals surface area contributed by atoms with Crippen molar-refractivity contribution in [1.82, 2.24) is 0 Å². The molecule has 0 aromatic heterocycles. The van der Waals surface area contributed by atoms with Crippen LogP contribution in [0.25, 0.3) is 6.08 Å². The van der Waals surface area contributed by atoms with Crippen molar-refractivity contribution in [3.8, 4) is 0 Å². The molecule has 1 nitrogen and oxygen atoms in total. The van der Waals surface area contributed by atoms with E-state index in [-0.39, 0.29) is 5.78 Å². The molecule has 0 atom stereocenters. The first-order valence-corrected chi connectivity index (χ1v) is 4.75. The number of rotatable bonds is 1. The Labute approximate surface area is 83.8 Å². The number of carbonyl (C=O) groups is 1. The van der Waals surface area contributed by atoms with Crippen molar-refractivity contribution < 1.29 is 4.79 Å². The zero-order valence-corrected chi connectivity index (χ0v) is 7.99. The summed E-state index contributed by atoms with van der Waals surface area (Å²) < 4.78 is 0. The second-order valence-electron chi connectivity index (χ2n) is 3.51. The molecule has 0 unspecified atom stereocenters. The lowest BCUT2D eigenvalue weighted by atomic mass is 10.1. The average molecular weight is 184 g/mol. The van der Waals surface area contributed by atoms with Crippen molar-refractivity contribution in [2.24, 2.45) is 0 Å². The summed E-state index contributed by atoms with van der Waals surface area (Å²) >= 11 is 0. The van der Waals surface area contributed by atoms with Crippen molar-refractivity contribution in [1.29, 1.82) is 0 Å². The van der Waals surface area contributed by atoms with Gasteiger partial charge in [-0.25, -0.2) is 0 Å². The monoisotopic (exact) mass is 184 g/mol. The Kier molecular flexibility index (Phi) is 2.32. The molecule has 14 heavy (non-hydrogen) atoms. The standard InChI is InChI=1S/C13H12O/c1-10-7-8-12(13(10)14)9-11-5-3-2-4-6-11/h2-6,9H,1,7-8H2. The molecule has 1 aliphatic carbocycles. The van der Waals surface area contributed by atoms with E-state index in [4.69, 9.17) is 0 Å². The SMILES string of the molecule is C=C1CCC(=Cc2ccccc2)C1=O. The Balaban J connectivity index is 2.28. The molecule has 0 spiro atoms. The number of carbonyl (C=O) groups excluding carboxylic acids is 1. The number of allylic oxidation sites excluding steroid dienone is 2. The minimum absolute atomic E-state index is 0.133. The summed E-state index contributed by atoms with van der Waals surface area (Å²) in [7, 11) is 0. The van der Waals surface area contributed by atoms with E-state index >= 15 is 0 Å². The van der Waals surface area contributed by atoms with Gasteiger partial charge in [0.25, 0.3) is 0 Å². The average Bonchev–Trinajstić information content (AvgIpc) is 2.52. The van der Waals surface area contributed by atoms with Crippen LogP contribution in [-0.2, 0) is 4.79 Å². The molecule has 1 saturated carbocycles. The van der Waals surface area contributed by atoms with Gasteiger partial charge in [0.15, 0.2) is 5.78 Å². The molecule has 0 radical (unpaired) electrons. The number of hydrogen-bond acceptors (Lipinski definition) is 1. The van der Waals surface area contributed by atoms with E-state index in [0.29, 0.717) is 0 Å². The van der Waals surface area contributed by atoms with E-state index in [1.165, 1.54) is 0 Å². The summed E-state index contributed by atoms with van der Waals surface area (Å²) in [5.74, 6) is 0.133. The van der Waals surface area contributed by atoms with E-state index < -0.39 is 0 Å². The number of Topliss-reactive ketones (excluding diaryl/α,β-unsaturated/α-hetero) is 1. The van der Waals surface area contributed by atoms with Gasteiger partial charge in [0.05, 0.1) is 0 Å². The first-order valence-electron chi connectivity index (χ1n) is 4.75. The van der Waals surface area contributed by atoms with Crippen LogP contribution in [0.4, 0.5) is 0 Å². The van der Waals surface area contributed by atoms with Crippen LogP contribution < -0.4 is 0 Å². The van der Waals surface area contributed by atoms with Crippen LogP contribution in [-0.4, -0.2) is 5.78 Å². The molecule has 1 fully saturated rings. The molecule has 0 aliphatic heterocycles. The Morgan fingerprint density at radius 2 is 1.86 bits per heavy atom. The predicted molar refractivity (Wildman–Crippen MR) is 57.8 cm³/mol. The summed E-state index contributed by atoms with van der Waals surface area (Å²) in [5, 5.41) is 0. The van der Waals surface area contributed by atoms with E-state index in [9.17, 15) is 4.79 Å². The second kappa shape index (κ2) is 3.62. The molecule has 70 valence electrons. The molecule has 0 saturated heterocycles. The van der Waals surface area contributed by atoms with Crippen LogP contribution in [0, 0.1) is 0 Å². The maximum atomic E-state index is 11.5. The highest BCUT2D eigenvalue weighted by Gasteiger charge is 2.20. The normalized spacial score (nSPS) is 19.3. The zero-order chi connectivity index (χ0) is 9.97. The molecule has 0 bridgehead atoms. The maximum Gasteiger partial charge on any atom is 0.184 e. The first-order chi connectivity index (χ1) is 6.77. The molecule has 0 N–H and O–H groups in total. The zero-order valence-electron chi connectivity index (χ0n) is 7.99. The van der Waals surface area contributed by atoms with Crippen molar-refractivity contribution >= 4 is 11.9 Å². The van der Waals surface area contributed by atoms with Crippen LogP contribution in [0.2, 0.25) is 0 Å². The molecule has 1 aromatic carbocycles. The Bertz CT molecular complexity index is 399. The van der Waals surface area contributed by atoms with Gasteiger partial charge < -0.3 is 0 Å². The number of ketones is 1. The first kappa shape index (κ1) is 8.95. The van der Waals surface area contributed by atoms with E-state index in [0.717, 1.165) is 29.6 Å². The Hall–Kier alpha value is -1.63. The molecule has 1 aliphatic rings. The molecule has 1 heteroatoms. The lowest BCUT2D eigenvalue weighted by molar-refractivity contribution is -0.111.